The van der Waals surface area contributed by atoms with Gasteiger partial charge in [0, 0.05) is 0 Å². The Morgan fingerprint density at radius 3 is 0.964 bits per heavy atom. The van der Waals surface area contributed by atoms with Gasteiger partial charge in [-0.1, -0.05) is 91.0 Å². The molecular weight excluding hydrogens is 422 g/mol. The lowest BCUT2D eigenvalue weighted by Gasteiger charge is -2.18. The Morgan fingerprint density at radius 2 is 0.786 bits per heavy atom. The average molecular weight is 442 g/mol. The minimum absolute atomic E-state index is 0.446. The van der Waals surface area contributed by atoms with Gasteiger partial charge in [0.15, 0.2) is 0 Å². The SMILES string of the molecule is O=S(=O)(O)O.O=[PH](O)O.c1ccc(P(c2ccccc2)c2ccccc2)cc1. The molecule has 0 fully saturated rings. The van der Waals surface area contributed by atoms with Crippen LogP contribution in [0.4, 0.5) is 0 Å². The Balaban J connectivity index is 0.000000369. The zero-order valence-electron chi connectivity index (χ0n) is 14.5. The summed E-state index contributed by atoms with van der Waals surface area (Å²) in [6.45, 7) is 0. The van der Waals surface area contributed by atoms with Gasteiger partial charge in [-0.25, -0.2) is 0 Å². The molecule has 28 heavy (non-hydrogen) atoms. The van der Waals surface area contributed by atoms with Gasteiger partial charge in [0.05, 0.1) is 0 Å². The molecule has 0 saturated carbocycles. The number of hydrogen-bond donors (Lipinski definition) is 4. The van der Waals surface area contributed by atoms with Crippen LogP contribution in [0.15, 0.2) is 91.0 Å². The summed E-state index contributed by atoms with van der Waals surface area (Å²) in [4.78, 5) is 14.3. The summed E-state index contributed by atoms with van der Waals surface area (Å²) in [6, 6.07) is 32.3. The second kappa shape index (κ2) is 12.5. The molecule has 0 aliphatic rings. The molecule has 150 valence electrons. The van der Waals surface area contributed by atoms with Gasteiger partial charge in [-0.3, -0.25) is 13.7 Å². The van der Waals surface area contributed by atoms with Gasteiger partial charge >= 0.3 is 18.7 Å². The van der Waals surface area contributed by atoms with E-state index < -0.39 is 26.6 Å². The highest BCUT2D eigenvalue weighted by molar-refractivity contribution is 7.80. The average Bonchev–Trinajstić information content (AvgIpc) is 2.63. The molecule has 0 amide bonds. The summed E-state index contributed by atoms with van der Waals surface area (Å²) in [5, 5.41) is 4.19. The Bertz CT molecular complexity index is 832. The predicted molar refractivity (Wildman–Crippen MR) is 113 cm³/mol. The first kappa shape index (κ1) is 24.1. The van der Waals surface area contributed by atoms with Crippen LogP contribution in [0, 0.1) is 0 Å². The molecule has 0 aliphatic heterocycles. The summed E-state index contributed by atoms with van der Waals surface area (Å²) in [7, 11) is -8.24. The molecule has 3 aromatic carbocycles. The largest absolute Gasteiger partial charge is 0.394 e. The van der Waals surface area contributed by atoms with Gasteiger partial charge in [-0.05, 0) is 23.8 Å². The molecule has 0 spiro atoms. The normalized spacial score (nSPS) is 10.5. The molecule has 10 heteroatoms. The molecule has 0 atom stereocenters. The van der Waals surface area contributed by atoms with E-state index in [1.165, 1.54) is 15.9 Å². The second-order valence-electron chi connectivity index (χ2n) is 5.07. The molecule has 0 bridgehead atoms. The first-order valence-corrected chi connectivity index (χ1v) is 11.8. The molecule has 0 heterocycles. The van der Waals surface area contributed by atoms with Crippen LogP contribution < -0.4 is 15.9 Å². The third-order valence-corrected chi connectivity index (χ3v) is 5.49. The van der Waals surface area contributed by atoms with Gasteiger partial charge in [-0.2, -0.15) is 8.42 Å². The molecule has 0 aromatic heterocycles. The molecule has 4 N–H and O–H groups in total. The van der Waals surface area contributed by atoms with E-state index >= 15 is 0 Å². The van der Waals surface area contributed by atoms with Crippen LogP contribution in [0.5, 0.6) is 0 Å². The maximum absolute atomic E-state index is 8.74. The van der Waals surface area contributed by atoms with Gasteiger partial charge in [0.1, 0.15) is 0 Å². The molecule has 0 saturated heterocycles. The molecule has 7 nitrogen and oxygen atoms in total. The van der Waals surface area contributed by atoms with Crippen molar-refractivity contribution in [1.29, 1.82) is 0 Å². The summed E-state index contributed by atoms with van der Waals surface area (Å²) in [5.41, 5.74) is 0. The Morgan fingerprint density at radius 1 is 0.607 bits per heavy atom. The van der Waals surface area contributed by atoms with E-state index in [2.05, 4.69) is 91.0 Å². The number of hydrogen-bond acceptors (Lipinski definition) is 3. The van der Waals surface area contributed by atoms with Gasteiger partial charge < -0.3 is 9.79 Å². The van der Waals surface area contributed by atoms with Crippen molar-refractivity contribution < 1.29 is 31.9 Å². The van der Waals surface area contributed by atoms with Crippen LogP contribution in [0.3, 0.4) is 0 Å². The zero-order chi connectivity index (χ0) is 21.0. The number of benzene rings is 3. The lowest BCUT2D eigenvalue weighted by atomic mass is 10.4. The summed E-state index contributed by atoms with van der Waals surface area (Å²) in [6.07, 6.45) is 0. The zero-order valence-corrected chi connectivity index (χ0v) is 17.2. The van der Waals surface area contributed by atoms with Crippen molar-refractivity contribution in [3.63, 3.8) is 0 Å². The fourth-order valence-electron chi connectivity index (χ4n) is 2.18. The highest BCUT2D eigenvalue weighted by Crippen LogP contribution is 2.32. The minimum Gasteiger partial charge on any atom is -0.326 e. The van der Waals surface area contributed by atoms with Crippen molar-refractivity contribution in [2.75, 3.05) is 0 Å². The molecule has 0 radical (unpaired) electrons. The van der Waals surface area contributed by atoms with E-state index in [9.17, 15) is 0 Å². The lowest BCUT2D eigenvalue weighted by Crippen LogP contribution is -2.20. The van der Waals surface area contributed by atoms with Gasteiger partial charge in [-0.15, -0.1) is 0 Å². The van der Waals surface area contributed by atoms with Crippen LogP contribution in [0.2, 0.25) is 0 Å². The quantitative estimate of drug-likeness (QED) is 0.361. The summed E-state index contributed by atoms with van der Waals surface area (Å²) < 4.78 is 40.3. The maximum atomic E-state index is 8.74. The fraction of sp³-hybridized carbons (Fsp3) is 0. The van der Waals surface area contributed by atoms with E-state index in [4.69, 9.17) is 31.9 Å². The third kappa shape index (κ3) is 11.1. The predicted octanol–water partition coefficient (Wildman–Crippen LogP) is 2.15. The van der Waals surface area contributed by atoms with Crippen molar-refractivity contribution >= 4 is 42.5 Å². The smallest absolute Gasteiger partial charge is 0.326 e. The molecule has 0 aliphatic carbocycles. The summed E-state index contributed by atoms with van der Waals surface area (Å²) in [5.74, 6) is 0. The monoisotopic (exact) mass is 442 g/mol. The standard InChI is InChI=1S/C18H15P.H2O4S.H3O3P/c1-4-10-16(11-5-1)19(17-12-6-2-7-13-17)18-14-8-3-9-15-18;1-5(2,3)4;1-4(2)3/h1-15H;(H2,1,2,3,4);4H,(H2,1,2,3). The van der Waals surface area contributed by atoms with E-state index in [1.807, 2.05) is 0 Å². The Kier molecular flexibility index (Phi) is 10.8. The van der Waals surface area contributed by atoms with Crippen LogP contribution in [0.1, 0.15) is 0 Å². The highest BCUT2D eigenvalue weighted by atomic mass is 32.3. The van der Waals surface area contributed by atoms with Crippen molar-refractivity contribution in [1.82, 2.24) is 0 Å². The van der Waals surface area contributed by atoms with E-state index in [1.54, 1.807) is 0 Å². The number of rotatable bonds is 3. The molecule has 0 unspecified atom stereocenters. The van der Waals surface area contributed by atoms with Crippen LogP contribution >= 0.6 is 16.2 Å². The Hall–Kier alpha value is -1.89. The molecule has 3 rings (SSSR count). The first-order valence-electron chi connectivity index (χ1n) is 7.75. The second-order valence-corrected chi connectivity index (χ2v) is 8.75. The topological polar surface area (TPSA) is 132 Å². The van der Waals surface area contributed by atoms with Crippen LogP contribution in [-0.4, -0.2) is 27.3 Å². The van der Waals surface area contributed by atoms with Crippen molar-refractivity contribution in [2.45, 2.75) is 0 Å². The van der Waals surface area contributed by atoms with Crippen LogP contribution in [-0.2, 0) is 15.0 Å². The third-order valence-electron chi connectivity index (χ3n) is 3.04. The maximum Gasteiger partial charge on any atom is 0.394 e. The first-order chi connectivity index (χ1) is 13.2. The van der Waals surface area contributed by atoms with Crippen molar-refractivity contribution in [2.24, 2.45) is 0 Å². The van der Waals surface area contributed by atoms with E-state index in [0.717, 1.165) is 0 Å². The molecule has 3 aromatic rings. The summed E-state index contributed by atoms with van der Waals surface area (Å²) >= 11 is 0. The van der Waals surface area contributed by atoms with Crippen LogP contribution in [0.25, 0.3) is 0 Å². The van der Waals surface area contributed by atoms with Gasteiger partial charge in [0.25, 0.3) is 0 Å². The van der Waals surface area contributed by atoms with Crippen molar-refractivity contribution in [3.05, 3.63) is 91.0 Å². The fourth-order valence-corrected chi connectivity index (χ4v) is 4.48. The highest BCUT2D eigenvalue weighted by Gasteiger charge is 2.14. The minimum atomic E-state index is -4.67. The lowest BCUT2D eigenvalue weighted by molar-refractivity contribution is 0.380. The molecular formula is C18H20O7P2S. The van der Waals surface area contributed by atoms with Crippen molar-refractivity contribution in [3.8, 4) is 0 Å². The van der Waals surface area contributed by atoms with Gasteiger partial charge in [0.2, 0.25) is 0 Å². The van der Waals surface area contributed by atoms with E-state index in [0.29, 0.717) is 0 Å². The Labute approximate surface area is 165 Å². The van der Waals surface area contributed by atoms with E-state index in [-0.39, 0.29) is 0 Å².